The van der Waals surface area contributed by atoms with Gasteiger partial charge < -0.3 is 14.5 Å². The van der Waals surface area contributed by atoms with Gasteiger partial charge >= 0.3 is 0 Å². The van der Waals surface area contributed by atoms with Crippen molar-refractivity contribution in [3.63, 3.8) is 0 Å². The second-order valence-electron chi connectivity index (χ2n) is 8.97. The number of carbonyl (C=O) groups excluding carboxylic acids is 2. The van der Waals surface area contributed by atoms with Gasteiger partial charge in [0.05, 0.1) is 19.4 Å². The first kappa shape index (κ1) is 22.3. The van der Waals surface area contributed by atoms with Gasteiger partial charge in [-0.25, -0.2) is 4.39 Å². The van der Waals surface area contributed by atoms with Crippen molar-refractivity contribution in [3.8, 4) is 5.75 Å². The molecule has 1 saturated carbocycles. The molecule has 0 N–H and O–H groups in total. The second-order valence-corrected chi connectivity index (χ2v) is 8.97. The lowest BCUT2D eigenvalue weighted by Gasteiger charge is -2.37. The lowest BCUT2D eigenvalue weighted by Crippen LogP contribution is -2.50. The summed E-state index contributed by atoms with van der Waals surface area (Å²) >= 11 is 0. The molecule has 5 nitrogen and oxygen atoms in total. The zero-order valence-corrected chi connectivity index (χ0v) is 18.8. The Morgan fingerprint density at radius 1 is 1.09 bits per heavy atom. The number of anilines is 1. The van der Waals surface area contributed by atoms with E-state index in [9.17, 15) is 14.0 Å². The van der Waals surface area contributed by atoms with Crippen molar-refractivity contribution in [3.05, 3.63) is 59.9 Å². The number of methoxy groups -OCH3 is 1. The standard InChI is InChI=1S/C26H31FN2O3/c1-18(20-7-8-20)29(23-11-13-24(32-2)14-12-23)26(31)21-4-3-15-28(17-21)25(30)16-19-5-9-22(27)10-6-19/h5-6,9-14,18,20-21H,3-4,7-8,15-17H2,1-2H3. The highest BCUT2D eigenvalue weighted by Gasteiger charge is 2.39. The van der Waals surface area contributed by atoms with Crippen LogP contribution in [0.5, 0.6) is 5.75 Å². The van der Waals surface area contributed by atoms with Gasteiger partial charge in [-0.05, 0) is 80.5 Å². The van der Waals surface area contributed by atoms with Crippen LogP contribution in [0.1, 0.15) is 38.2 Å². The summed E-state index contributed by atoms with van der Waals surface area (Å²) in [5, 5.41) is 0. The monoisotopic (exact) mass is 438 g/mol. The van der Waals surface area contributed by atoms with Crippen LogP contribution in [0.4, 0.5) is 10.1 Å². The van der Waals surface area contributed by atoms with Gasteiger partial charge in [0.15, 0.2) is 0 Å². The van der Waals surface area contributed by atoms with Crippen molar-refractivity contribution < 1.29 is 18.7 Å². The number of likely N-dealkylation sites (tertiary alicyclic amines) is 1. The summed E-state index contributed by atoms with van der Waals surface area (Å²) in [5.41, 5.74) is 1.66. The molecule has 1 aliphatic heterocycles. The second kappa shape index (κ2) is 9.72. The van der Waals surface area contributed by atoms with E-state index in [1.807, 2.05) is 29.2 Å². The summed E-state index contributed by atoms with van der Waals surface area (Å²) in [7, 11) is 1.63. The Kier molecular flexibility index (Phi) is 6.77. The molecule has 4 rings (SSSR count). The normalized spacial score (nSPS) is 19.3. The summed E-state index contributed by atoms with van der Waals surface area (Å²) in [5.74, 6) is 0.836. The minimum Gasteiger partial charge on any atom is -0.497 e. The van der Waals surface area contributed by atoms with E-state index in [0.717, 1.165) is 42.7 Å². The molecular formula is C26H31FN2O3. The Bertz CT molecular complexity index is 941. The van der Waals surface area contributed by atoms with E-state index >= 15 is 0 Å². The summed E-state index contributed by atoms with van der Waals surface area (Å²) in [4.78, 5) is 30.3. The van der Waals surface area contributed by atoms with Crippen molar-refractivity contribution in [2.45, 2.75) is 45.1 Å². The van der Waals surface area contributed by atoms with Crippen LogP contribution in [0, 0.1) is 17.7 Å². The van der Waals surface area contributed by atoms with Gasteiger partial charge in [-0.15, -0.1) is 0 Å². The van der Waals surface area contributed by atoms with Gasteiger partial charge in [0.2, 0.25) is 11.8 Å². The molecule has 2 amide bonds. The highest BCUT2D eigenvalue weighted by atomic mass is 19.1. The zero-order valence-electron chi connectivity index (χ0n) is 18.8. The van der Waals surface area contributed by atoms with Crippen molar-refractivity contribution in [1.29, 1.82) is 0 Å². The van der Waals surface area contributed by atoms with Gasteiger partial charge in [0.1, 0.15) is 11.6 Å². The van der Waals surface area contributed by atoms with E-state index < -0.39 is 0 Å². The number of rotatable bonds is 7. The third kappa shape index (κ3) is 5.12. The molecule has 0 bridgehead atoms. The first-order valence-corrected chi connectivity index (χ1v) is 11.5. The Morgan fingerprint density at radius 2 is 1.78 bits per heavy atom. The number of ether oxygens (including phenoxy) is 1. The maximum Gasteiger partial charge on any atom is 0.232 e. The predicted molar refractivity (Wildman–Crippen MR) is 122 cm³/mol. The highest BCUT2D eigenvalue weighted by molar-refractivity contribution is 5.96. The number of nitrogens with zero attached hydrogens (tertiary/aromatic N) is 2. The Morgan fingerprint density at radius 3 is 2.41 bits per heavy atom. The molecule has 1 aliphatic carbocycles. The zero-order chi connectivity index (χ0) is 22.7. The molecule has 1 heterocycles. The van der Waals surface area contributed by atoms with E-state index in [4.69, 9.17) is 4.74 Å². The van der Waals surface area contributed by atoms with E-state index in [0.29, 0.717) is 19.0 Å². The predicted octanol–water partition coefficient (Wildman–Crippen LogP) is 4.45. The molecule has 6 heteroatoms. The van der Waals surface area contributed by atoms with Crippen LogP contribution >= 0.6 is 0 Å². The number of hydrogen-bond acceptors (Lipinski definition) is 3. The molecule has 32 heavy (non-hydrogen) atoms. The average Bonchev–Trinajstić information content (AvgIpc) is 3.67. The maximum atomic E-state index is 13.7. The first-order valence-electron chi connectivity index (χ1n) is 11.5. The fourth-order valence-electron chi connectivity index (χ4n) is 4.59. The number of benzene rings is 2. The van der Waals surface area contributed by atoms with Crippen LogP contribution in [0.2, 0.25) is 0 Å². The number of hydrogen-bond donors (Lipinski definition) is 0. The van der Waals surface area contributed by atoms with Gasteiger partial charge in [-0.1, -0.05) is 12.1 Å². The number of amides is 2. The van der Waals surface area contributed by atoms with Crippen LogP contribution < -0.4 is 9.64 Å². The minimum absolute atomic E-state index is 0.0136. The van der Waals surface area contributed by atoms with Crippen LogP contribution in [0.25, 0.3) is 0 Å². The lowest BCUT2D eigenvalue weighted by molar-refractivity contribution is -0.134. The van der Waals surface area contributed by atoms with Gasteiger partial charge in [-0.2, -0.15) is 0 Å². The van der Waals surface area contributed by atoms with Crippen molar-refractivity contribution in [1.82, 2.24) is 4.90 Å². The molecule has 0 radical (unpaired) electrons. The van der Waals surface area contributed by atoms with E-state index in [1.165, 1.54) is 12.1 Å². The summed E-state index contributed by atoms with van der Waals surface area (Å²) in [6.45, 7) is 3.22. The molecule has 2 unspecified atom stereocenters. The highest BCUT2D eigenvalue weighted by Crippen LogP contribution is 2.38. The van der Waals surface area contributed by atoms with E-state index in [1.54, 1.807) is 24.1 Å². The van der Waals surface area contributed by atoms with Crippen molar-refractivity contribution in [2.75, 3.05) is 25.1 Å². The average molecular weight is 439 g/mol. The number of piperidine rings is 1. The quantitative estimate of drug-likeness (QED) is 0.642. The molecule has 2 atom stereocenters. The SMILES string of the molecule is COc1ccc(N(C(=O)C2CCCN(C(=O)Cc3ccc(F)cc3)C2)C(C)C2CC2)cc1. The number of halogens is 1. The third-order valence-electron chi connectivity index (χ3n) is 6.69. The smallest absolute Gasteiger partial charge is 0.232 e. The molecule has 0 spiro atoms. The Balaban J connectivity index is 1.47. The fraction of sp³-hybridized carbons (Fsp3) is 0.462. The third-order valence-corrected chi connectivity index (χ3v) is 6.69. The summed E-state index contributed by atoms with van der Waals surface area (Å²) < 4.78 is 18.4. The van der Waals surface area contributed by atoms with Crippen LogP contribution in [-0.4, -0.2) is 43.0 Å². The van der Waals surface area contributed by atoms with Gasteiger partial charge in [0.25, 0.3) is 0 Å². The summed E-state index contributed by atoms with van der Waals surface area (Å²) in [6.07, 6.45) is 4.10. The van der Waals surface area contributed by atoms with E-state index in [-0.39, 0.29) is 36.0 Å². The maximum absolute atomic E-state index is 13.7. The molecule has 2 fully saturated rings. The largest absolute Gasteiger partial charge is 0.497 e. The fourth-order valence-corrected chi connectivity index (χ4v) is 4.59. The van der Waals surface area contributed by atoms with Crippen molar-refractivity contribution in [2.24, 2.45) is 11.8 Å². The molecule has 2 aromatic rings. The molecule has 1 saturated heterocycles. The van der Waals surface area contributed by atoms with Crippen LogP contribution in [0.3, 0.4) is 0 Å². The molecule has 2 aromatic carbocycles. The topological polar surface area (TPSA) is 49.9 Å². The van der Waals surface area contributed by atoms with E-state index in [2.05, 4.69) is 6.92 Å². The Labute approximate surface area is 189 Å². The lowest BCUT2D eigenvalue weighted by atomic mass is 9.94. The van der Waals surface area contributed by atoms with Crippen LogP contribution in [-0.2, 0) is 16.0 Å². The Hall–Kier alpha value is -2.89. The van der Waals surface area contributed by atoms with Crippen molar-refractivity contribution >= 4 is 17.5 Å². The number of carbonyl (C=O) groups is 2. The molecule has 170 valence electrons. The molecule has 0 aromatic heterocycles. The first-order chi connectivity index (χ1) is 15.5. The minimum atomic E-state index is -0.312. The molecular weight excluding hydrogens is 407 g/mol. The van der Waals surface area contributed by atoms with Gasteiger partial charge in [-0.3, -0.25) is 9.59 Å². The summed E-state index contributed by atoms with van der Waals surface area (Å²) in [6, 6.07) is 13.8. The molecule has 2 aliphatic rings. The van der Waals surface area contributed by atoms with Gasteiger partial charge in [0, 0.05) is 24.8 Å². The van der Waals surface area contributed by atoms with Crippen LogP contribution in [0.15, 0.2) is 48.5 Å².